The van der Waals surface area contributed by atoms with Gasteiger partial charge in [0, 0.05) is 6.92 Å². The molecule has 4 heteroatoms. The van der Waals surface area contributed by atoms with E-state index < -0.39 is 17.4 Å². The number of carbonyl (C=O) groups is 2. The van der Waals surface area contributed by atoms with Gasteiger partial charge in [-0.15, -0.1) is 0 Å². The zero-order chi connectivity index (χ0) is 19.1. The molecule has 3 rings (SSSR count). The fraction of sp³-hybridized carbons (Fsp3) is 0.727. The number of hydrogen-bond donors (Lipinski definition) is 1. The highest BCUT2D eigenvalue weighted by Gasteiger charge is 2.61. The van der Waals surface area contributed by atoms with Crippen LogP contribution in [-0.4, -0.2) is 23.7 Å². The predicted molar refractivity (Wildman–Crippen MR) is 100 cm³/mol. The molecule has 0 radical (unpaired) electrons. The molecule has 1 N–H and O–H groups in total. The van der Waals surface area contributed by atoms with Gasteiger partial charge < -0.3 is 9.84 Å². The molecule has 5 atom stereocenters. The highest BCUT2D eigenvalue weighted by Crippen LogP contribution is 2.64. The Labute approximate surface area is 156 Å². The van der Waals surface area contributed by atoms with Crippen LogP contribution in [0.4, 0.5) is 0 Å². The zero-order valence-electron chi connectivity index (χ0n) is 16.3. The maximum absolute atomic E-state index is 12.4. The number of carbonyl (C=O) groups excluding carboxylic acids is 1. The van der Waals surface area contributed by atoms with E-state index in [0.717, 1.165) is 38.5 Å². The molecule has 2 saturated carbocycles. The van der Waals surface area contributed by atoms with Crippen LogP contribution in [0, 0.1) is 28.6 Å². The van der Waals surface area contributed by atoms with Gasteiger partial charge in [-0.05, 0) is 74.2 Å². The molecule has 4 nitrogen and oxygen atoms in total. The molecule has 0 unspecified atom stereocenters. The molecule has 0 aromatic rings. The third-order valence-corrected chi connectivity index (χ3v) is 7.89. The van der Waals surface area contributed by atoms with Crippen LogP contribution in [0.5, 0.6) is 0 Å². The Morgan fingerprint density at radius 1 is 1.31 bits per heavy atom. The summed E-state index contributed by atoms with van der Waals surface area (Å²) in [5.74, 6) is -0.0563. The van der Waals surface area contributed by atoms with E-state index in [9.17, 15) is 14.7 Å². The number of fused-ring (bicyclic) bond motifs is 3. The van der Waals surface area contributed by atoms with Crippen LogP contribution in [0.2, 0.25) is 0 Å². The van der Waals surface area contributed by atoms with E-state index in [4.69, 9.17) is 4.74 Å². The number of esters is 1. The van der Waals surface area contributed by atoms with Gasteiger partial charge in [-0.1, -0.05) is 31.6 Å². The maximum Gasteiger partial charge on any atom is 0.313 e. The van der Waals surface area contributed by atoms with Gasteiger partial charge in [0.05, 0.1) is 0 Å². The first-order chi connectivity index (χ1) is 12.3. The van der Waals surface area contributed by atoms with Gasteiger partial charge in [-0.2, -0.15) is 0 Å². The molecule has 0 amide bonds. The first kappa shape index (κ1) is 19.2. The monoisotopic (exact) mass is 360 g/mol. The number of allylic oxidation sites excluding steroid dienone is 3. The summed E-state index contributed by atoms with van der Waals surface area (Å²) < 4.78 is 5.29. The minimum atomic E-state index is -0.931. The molecule has 2 fully saturated rings. The molecule has 26 heavy (non-hydrogen) atoms. The second-order valence-corrected chi connectivity index (χ2v) is 8.89. The van der Waals surface area contributed by atoms with Gasteiger partial charge in [0.1, 0.15) is 12.0 Å². The Bertz CT molecular complexity index is 649. The lowest BCUT2D eigenvalue weighted by molar-refractivity contribution is -0.184. The van der Waals surface area contributed by atoms with Crippen molar-refractivity contribution < 1.29 is 19.4 Å². The molecule has 0 saturated heterocycles. The fourth-order valence-corrected chi connectivity index (χ4v) is 6.60. The van der Waals surface area contributed by atoms with Crippen molar-refractivity contribution in [2.24, 2.45) is 28.6 Å². The van der Waals surface area contributed by atoms with Crippen LogP contribution < -0.4 is 0 Å². The van der Waals surface area contributed by atoms with Crippen molar-refractivity contribution in [1.29, 1.82) is 0 Å². The summed E-state index contributed by atoms with van der Waals surface area (Å²) >= 11 is 0. The predicted octanol–water partition coefficient (Wildman–Crippen LogP) is 4.75. The average molecular weight is 360 g/mol. The summed E-state index contributed by atoms with van der Waals surface area (Å²) in [6.07, 6.45) is 8.66. The number of ether oxygens (including phenoxy) is 1. The first-order valence-electron chi connectivity index (χ1n) is 9.95. The molecule has 3 aliphatic rings. The number of aliphatic carboxylic acids is 1. The summed E-state index contributed by atoms with van der Waals surface area (Å²) in [7, 11) is 0. The third kappa shape index (κ3) is 2.82. The molecular weight excluding hydrogens is 328 g/mol. The van der Waals surface area contributed by atoms with E-state index in [-0.39, 0.29) is 17.9 Å². The molecular formula is C22H32O4. The summed E-state index contributed by atoms with van der Waals surface area (Å²) in [5, 5.41) is 10.2. The van der Waals surface area contributed by atoms with Crippen LogP contribution >= 0.6 is 0 Å². The average Bonchev–Trinajstić information content (AvgIpc) is 2.59. The van der Waals surface area contributed by atoms with Crippen LogP contribution in [0.25, 0.3) is 0 Å². The fourth-order valence-electron chi connectivity index (χ4n) is 6.60. The lowest BCUT2D eigenvalue weighted by atomic mass is 9.43. The van der Waals surface area contributed by atoms with Gasteiger partial charge in [-0.3, -0.25) is 9.59 Å². The standard InChI is InChI=1S/C22H32O4/c1-5-16-7-9-18-17(14(16)2)8-10-19-21(18,4)11-6-12-22(19,20(24)25)13-26-15(3)23/h5,17-19H,1,6-13H2,2-4H3,(H,24,25)/t17-,18-,19+,21+,22+/m0/s1. The summed E-state index contributed by atoms with van der Waals surface area (Å²) in [6, 6.07) is 0. The van der Waals surface area contributed by atoms with Crippen molar-refractivity contribution in [3.05, 3.63) is 23.8 Å². The van der Waals surface area contributed by atoms with Crippen molar-refractivity contribution in [2.75, 3.05) is 6.61 Å². The van der Waals surface area contributed by atoms with Crippen molar-refractivity contribution in [1.82, 2.24) is 0 Å². The summed E-state index contributed by atoms with van der Waals surface area (Å²) in [6.45, 7) is 9.90. The molecule has 144 valence electrons. The van der Waals surface area contributed by atoms with Crippen molar-refractivity contribution in [2.45, 2.75) is 65.7 Å². The minimum Gasteiger partial charge on any atom is -0.481 e. The summed E-state index contributed by atoms with van der Waals surface area (Å²) in [5.41, 5.74) is 1.91. The molecule has 3 aliphatic carbocycles. The molecule has 0 aromatic carbocycles. The largest absolute Gasteiger partial charge is 0.481 e. The van der Waals surface area contributed by atoms with Crippen molar-refractivity contribution in [3.63, 3.8) is 0 Å². The van der Waals surface area contributed by atoms with Gasteiger partial charge in [0.2, 0.25) is 0 Å². The second-order valence-electron chi connectivity index (χ2n) is 8.89. The van der Waals surface area contributed by atoms with E-state index in [1.54, 1.807) is 0 Å². The Morgan fingerprint density at radius 2 is 2.04 bits per heavy atom. The van der Waals surface area contributed by atoms with Crippen LogP contribution in [0.1, 0.15) is 65.7 Å². The highest BCUT2D eigenvalue weighted by atomic mass is 16.5. The first-order valence-corrected chi connectivity index (χ1v) is 9.95. The molecule has 0 bridgehead atoms. The SMILES string of the molecule is C=CC1=C(C)[C@@H]2CC[C@H]3[C@@](COC(C)=O)(C(=O)O)CCC[C@]3(C)[C@H]2CC1. The number of rotatable bonds is 4. The quantitative estimate of drug-likeness (QED) is 0.735. The normalized spacial score (nSPS) is 39.6. The van der Waals surface area contributed by atoms with Crippen LogP contribution in [-0.2, 0) is 14.3 Å². The van der Waals surface area contributed by atoms with E-state index >= 15 is 0 Å². The van der Waals surface area contributed by atoms with Crippen molar-refractivity contribution in [3.8, 4) is 0 Å². The number of hydrogen-bond acceptors (Lipinski definition) is 3. The molecule has 0 heterocycles. The highest BCUT2D eigenvalue weighted by molar-refractivity contribution is 5.76. The van der Waals surface area contributed by atoms with E-state index in [1.807, 2.05) is 6.08 Å². The maximum atomic E-state index is 12.4. The Hall–Kier alpha value is -1.58. The number of carboxylic acids is 1. The Morgan fingerprint density at radius 3 is 2.65 bits per heavy atom. The van der Waals surface area contributed by atoms with E-state index in [1.165, 1.54) is 18.1 Å². The van der Waals surface area contributed by atoms with Gasteiger partial charge in [0.15, 0.2) is 0 Å². The van der Waals surface area contributed by atoms with E-state index in [2.05, 4.69) is 20.4 Å². The Kier molecular flexibility index (Phi) is 5.06. The lowest BCUT2D eigenvalue weighted by Crippen LogP contribution is -2.58. The topological polar surface area (TPSA) is 63.6 Å². The van der Waals surface area contributed by atoms with Gasteiger partial charge >= 0.3 is 11.9 Å². The summed E-state index contributed by atoms with van der Waals surface area (Å²) in [4.78, 5) is 23.8. The second kappa shape index (κ2) is 6.86. The Balaban J connectivity index is 1.97. The van der Waals surface area contributed by atoms with E-state index in [0.29, 0.717) is 18.3 Å². The molecule has 0 aromatic heterocycles. The smallest absolute Gasteiger partial charge is 0.313 e. The van der Waals surface area contributed by atoms with Gasteiger partial charge in [-0.25, -0.2) is 0 Å². The van der Waals surface area contributed by atoms with Crippen LogP contribution in [0.3, 0.4) is 0 Å². The third-order valence-electron chi connectivity index (χ3n) is 7.89. The molecule has 0 aliphatic heterocycles. The van der Waals surface area contributed by atoms with Crippen LogP contribution in [0.15, 0.2) is 23.8 Å². The van der Waals surface area contributed by atoms with Crippen molar-refractivity contribution >= 4 is 11.9 Å². The van der Waals surface area contributed by atoms with Gasteiger partial charge in [0.25, 0.3) is 0 Å². The minimum absolute atomic E-state index is 0.00628. The number of carboxylic acid groups (broad SMARTS) is 1. The zero-order valence-corrected chi connectivity index (χ0v) is 16.3. The molecule has 0 spiro atoms. The lowest BCUT2D eigenvalue weighted by Gasteiger charge is -2.60.